The zero-order valence-electron chi connectivity index (χ0n) is 8.93. The number of nitrogens with zero attached hydrogens (tertiary/aromatic N) is 2. The number of ketones is 1. The van der Waals surface area contributed by atoms with Crippen LogP contribution in [0.5, 0.6) is 0 Å². The van der Waals surface area contributed by atoms with Gasteiger partial charge >= 0.3 is 5.71 Å². The lowest BCUT2D eigenvalue weighted by Gasteiger charge is -2.18. The Morgan fingerprint density at radius 3 is 2.67 bits per heavy atom. The number of hydrogen-bond donors (Lipinski definition) is 1. The van der Waals surface area contributed by atoms with Crippen molar-refractivity contribution in [1.82, 2.24) is 0 Å². The molecule has 0 aliphatic carbocycles. The fraction of sp³-hybridized carbons (Fsp3) is 0.778. The minimum absolute atomic E-state index is 0.138. The van der Waals surface area contributed by atoms with Crippen molar-refractivity contribution in [2.75, 3.05) is 6.61 Å². The van der Waals surface area contributed by atoms with Crippen molar-refractivity contribution in [1.29, 1.82) is 0 Å². The van der Waals surface area contributed by atoms with Crippen molar-refractivity contribution in [2.24, 2.45) is 0 Å². The number of Topliss-reactive ketones (excluding diaryl/α,β-unsaturated/α-hetero) is 1. The van der Waals surface area contributed by atoms with Crippen LogP contribution in [0.1, 0.15) is 20.8 Å². The lowest BCUT2D eigenvalue weighted by atomic mass is 10.1. The van der Waals surface area contributed by atoms with Crippen LogP contribution < -0.4 is 0 Å². The molecule has 1 aliphatic rings. The fourth-order valence-corrected chi connectivity index (χ4v) is 1.30. The van der Waals surface area contributed by atoms with Crippen LogP contribution in [-0.2, 0) is 14.3 Å². The van der Waals surface area contributed by atoms with Crippen molar-refractivity contribution in [3.63, 3.8) is 0 Å². The third-order valence-electron chi connectivity index (χ3n) is 2.16. The third-order valence-corrected chi connectivity index (χ3v) is 2.16. The van der Waals surface area contributed by atoms with E-state index in [1.807, 2.05) is 0 Å². The first-order valence-electron chi connectivity index (χ1n) is 4.60. The second kappa shape index (κ2) is 4.20. The molecule has 0 unspecified atom stereocenters. The topological polar surface area (TPSA) is 92.2 Å². The van der Waals surface area contributed by atoms with Crippen LogP contribution in [0.4, 0.5) is 0 Å². The number of carbonyl (C=O) groups is 1. The van der Waals surface area contributed by atoms with Gasteiger partial charge in [-0.05, 0) is 13.8 Å². The van der Waals surface area contributed by atoms with E-state index in [1.54, 1.807) is 13.8 Å². The lowest BCUT2D eigenvalue weighted by Crippen LogP contribution is -2.40. The van der Waals surface area contributed by atoms with E-state index in [0.29, 0.717) is 0 Å². The van der Waals surface area contributed by atoms with Gasteiger partial charge in [-0.15, -0.1) is 0 Å². The van der Waals surface area contributed by atoms with E-state index < -0.39 is 23.8 Å². The summed E-state index contributed by atoms with van der Waals surface area (Å²) in [5, 5.41) is 9.60. The number of rotatable bonds is 3. The number of carbonyl (C=O) groups excluding carboxylic acids is 1. The summed E-state index contributed by atoms with van der Waals surface area (Å²) in [7, 11) is 0. The van der Waals surface area contributed by atoms with Gasteiger partial charge in [-0.2, -0.15) is 4.79 Å². The van der Waals surface area contributed by atoms with Crippen molar-refractivity contribution in [2.45, 2.75) is 38.8 Å². The van der Waals surface area contributed by atoms with Gasteiger partial charge in [-0.1, -0.05) is 0 Å². The van der Waals surface area contributed by atoms with Crippen LogP contribution in [0.2, 0.25) is 0 Å². The molecule has 6 heteroatoms. The Bertz CT molecular complexity index is 320. The largest absolute Gasteiger partial charge is 0.382 e. The van der Waals surface area contributed by atoms with E-state index in [1.165, 1.54) is 6.92 Å². The molecule has 15 heavy (non-hydrogen) atoms. The van der Waals surface area contributed by atoms with Gasteiger partial charge < -0.3 is 20.1 Å². The molecule has 0 amide bonds. The zero-order valence-corrected chi connectivity index (χ0v) is 8.93. The summed E-state index contributed by atoms with van der Waals surface area (Å²) in [6, 6.07) is 0. The van der Waals surface area contributed by atoms with E-state index in [2.05, 4.69) is 4.79 Å². The summed E-state index contributed by atoms with van der Waals surface area (Å²) >= 11 is 0. The maximum Gasteiger partial charge on any atom is 0.334 e. The Morgan fingerprint density at radius 2 is 2.27 bits per heavy atom. The smallest absolute Gasteiger partial charge is 0.334 e. The van der Waals surface area contributed by atoms with Gasteiger partial charge in [0.1, 0.15) is 6.10 Å². The normalized spacial score (nSPS) is 25.7. The Balaban J connectivity index is 2.67. The summed E-state index contributed by atoms with van der Waals surface area (Å²) in [5.41, 5.74) is 8.23. The van der Waals surface area contributed by atoms with Crippen LogP contribution in [-0.4, -0.2) is 46.0 Å². The molecule has 0 aromatic carbocycles. The number of aliphatic hydroxyl groups excluding tert-OH is 1. The van der Waals surface area contributed by atoms with Crippen LogP contribution >= 0.6 is 0 Å². The summed E-state index contributed by atoms with van der Waals surface area (Å²) in [4.78, 5) is 14.1. The highest BCUT2D eigenvalue weighted by Crippen LogP contribution is 2.24. The molecule has 0 bridgehead atoms. The second-order valence-electron chi connectivity index (χ2n) is 3.86. The standard InChI is InChI=1S/C9H14N2O4/c1-5(11-10)7(12)8(13)6-4-14-9(2,3)15-6/h6,8,13H,4H2,1-3H3/t6-,8-/m1/s1. The summed E-state index contributed by atoms with van der Waals surface area (Å²) < 4.78 is 10.5. The maximum atomic E-state index is 11.4. The van der Waals surface area contributed by atoms with Gasteiger partial charge in [0.2, 0.25) is 0 Å². The summed E-state index contributed by atoms with van der Waals surface area (Å²) in [6.07, 6.45) is -2.08. The van der Waals surface area contributed by atoms with Gasteiger partial charge in [0.15, 0.2) is 11.9 Å². The Hall–Kier alpha value is -1.07. The monoisotopic (exact) mass is 214 g/mol. The molecule has 0 aromatic rings. The van der Waals surface area contributed by atoms with E-state index in [4.69, 9.17) is 15.0 Å². The van der Waals surface area contributed by atoms with Gasteiger partial charge in [-0.25, -0.2) is 0 Å². The van der Waals surface area contributed by atoms with Gasteiger partial charge in [-0.3, -0.25) is 4.79 Å². The molecule has 84 valence electrons. The lowest BCUT2D eigenvalue weighted by molar-refractivity contribution is -0.156. The molecule has 1 aliphatic heterocycles. The summed E-state index contributed by atoms with van der Waals surface area (Å²) in [5.74, 6) is -1.46. The van der Waals surface area contributed by atoms with Crippen LogP contribution in [0.15, 0.2) is 0 Å². The highest BCUT2D eigenvalue weighted by Gasteiger charge is 2.41. The zero-order chi connectivity index (χ0) is 11.6. The maximum absolute atomic E-state index is 11.4. The first kappa shape index (κ1) is 12.0. The SMILES string of the molecule is CC(=[N+]=[N-])C(=O)[C@H](O)[C@H]1COC(C)(C)O1. The number of aliphatic hydroxyl groups is 1. The van der Waals surface area contributed by atoms with Crippen LogP contribution in [0, 0.1) is 0 Å². The van der Waals surface area contributed by atoms with E-state index in [9.17, 15) is 9.90 Å². The Morgan fingerprint density at radius 1 is 1.67 bits per heavy atom. The molecule has 0 radical (unpaired) electrons. The molecule has 1 N–H and O–H groups in total. The van der Waals surface area contributed by atoms with Gasteiger partial charge in [0.05, 0.1) is 6.61 Å². The first-order valence-corrected chi connectivity index (χ1v) is 4.60. The highest BCUT2D eigenvalue weighted by molar-refractivity contribution is 6.38. The first-order chi connectivity index (χ1) is 6.87. The Kier molecular flexibility index (Phi) is 3.36. The Labute approximate surface area is 87.4 Å². The molecule has 0 spiro atoms. The predicted octanol–water partition coefficient (Wildman–Crippen LogP) is -0.241. The molecule has 1 rings (SSSR count). The van der Waals surface area contributed by atoms with Crippen molar-refractivity contribution >= 4 is 11.5 Å². The highest BCUT2D eigenvalue weighted by atomic mass is 16.7. The van der Waals surface area contributed by atoms with E-state index in [-0.39, 0.29) is 12.3 Å². The quantitative estimate of drug-likeness (QED) is 0.398. The molecule has 0 aromatic heterocycles. The minimum Gasteiger partial charge on any atom is -0.382 e. The van der Waals surface area contributed by atoms with E-state index in [0.717, 1.165) is 0 Å². The summed E-state index contributed by atoms with van der Waals surface area (Å²) in [6.45, 7) is 4.83. The van der Waals surface area contributed by atoms with Gasteiger partial charge in [0, 0.05) is 6.92 Å². The average molecular weight is 214 g/mol. The van der Waals surface area contributed by atoms with Crippen LogP contribution in [0.3, 0.4) is 0 Å². The minimum atomic E-state index is -1.36. The molecule has 6 nitrogen and oxygen atoms in total. The predicted molar refractivity (Wildman–Crippen MR) is 50.2 cm³/mol. The fourth-order valence-electron chi connectivity index (χ4n) is 1.30. The third kappa shape index (κ3) is 2.70. The number of ether oxygens (including phenoxy) is 2. The molecule has 1 heterocycles. The molecule has 0 saturated carbocycles. The number of hydrogen-bond acceptors (Lipinski definition) is 4. The van der Waals surface area contributed by atoms with E-state index >= 15 is 0 Å². The molecule has 2 atom stereocenters. The molecular formula is C9H14N2O4. The van der Waals surface area contributed by atoms with Crippen molar-refractivity contribution in [3.05, 3.63) is 5.53 Å². The second-order valence-corrected chi connectivity index (χ2v) is 3.86. The average Bonchev–Trinajstić information content (AvgIpc) is 2.55. The van der Waals surface area contributed by atoms with Crippen LogP contribution in [0.25, 0.3) is 5.53 Å². The molecular weight excluding hydrogens is 200 g/mol. The molecule has 1 saturated heterocycles. The van der Waals surface area contributed by atoms with Crippen molar-refractivity contribution < 1.29 is 24.2 Å². The molecule has 1 fully saturated rings. The van der Waals surface area contributed by atoms with Crippen molar-refractivity contribution in [3.8, 4) is 0 Å². The van der Waals surface area contributed by atoms with Gasteiger partial charge in [0.25, 0.3) is 5.78 Å².